The summed E-state index contributed by atoms with van der Waals surface area (Å²) >= 11 is 11.7. The van der Waals surface area contributed by atoms with Crippen LogP contribution < -0.4 is 5.43 Å². The Balaban J connectivity index is 2.02. The number of Topliss-reactive ketones (excluding diaryl/α,β-unsaturated/α-hetero) is 1. The standard InChI is InChI=1S/C14H10Cl2N2O/c15-11-6-7-13(12(16)8-11)18-17-9-14(19)10-4-2-1-3-5-10/h1-9,18H/b17-9+. The molecule has 0 bridgehead atoms. The van der Waals surface area contributed by atoms with Gasteiger partial charge in [-0.2, -0.15) is 5.10 Å². The third-order valence-corrected chi connectivity index (χ3v) is 2.90. The van der Waals surface area contributed by atoms with E-state index in [1.165, 1.54) is 6.21 Å². The maximum Gasteiger partial charge on any atom is 0.205 e. The fourth-order valence-electron chi connectivity index (χ4n) is 1.42. The Morgan fingerprint density at radius 2 is 1.84 bits per heavy atom. The van der Waals surface area contributed by atoms with Crippen molar-refractivity contribution in [2.45, 2.75) is 0 Å². The number of halogens is 2. The van der Waals surface area contributed by atoms with Gasteiger partial charge in [0, 0.05) is 10.6 Å². The van der Waals surface area contributed by atoms with E-state index in [1.807, 2.05) is 6.07 Å². The van der Waals surface area contributed by atoms with Crippen molar-refractivity contribution in [1.29, 1.82) is 0 Å². The van der Waals surface area contributed by atoms with Crippen molar-refractivity contribution in [2.24, 2.45) is 5.10 Å². The molecule has 0 amide bonds. The Kier molecular flexibility index (Phi) is 4.55. The van der Waals surface area contributed by atoms with Gasteiger partial charge in [-0.15, -0.1) is 0 Å². The molecule has 5 heteroatoms. The average Bonchev–Trinajstić information content (AvgIpc) is 2.42. The number of hydrazone groups is 1. The first kappa shape index (κ1) is 13.6. The van der Waals surface area contributed by atoms with E-state index < -0.39 is 0 Å². The molecule has 0 fully saturated rings. The highest BCUT2D eigenvalue weighted by Gasteiger charge is 2.02. The van der Waals surface area contributed by atoms with Crippen LogP contribution in [0.25, 0.3) is 0 Å². The summed E-state index contributed by atoms with van der Waals surface area (Å²) in [6.45, 7) is 0. The molecule has 96 valence electrons. The Labute approximate surface area is 120 Å². The van der Waals surface area contributed by atoms with Crippen LogP contribution >= 0.6 is 23.2 Å². The Bertz CT molecular complexity index is 612. The molecule has 3 nitrogen and oxygen atoms in total. The molecular formula is C14H10Cl2N2O. The van der Waals surface area contributed by atoms with Crippen LogP contribution in [-0.2, 0) is 0 Å². The molecule has 0 heterocycles. The highest BCUT2D eigenvalue weighted by Crippen LogP contribution is 2.25. The zero-order valence-corrected chi connectivity index (χ0v) is 11.3. The fraction of sp³-hybridized carbons (Fsp3) is 0. The van der Waals surface area contributed by atoms with Crippen LogP contribution in [0, 0.1) is 0 Å². The van der Waals surface area contributed by atoms with Gasteiger partial charge in [-0.25, -0.2) is 0 Å². The molecule has 0 aromatic heterocycles. The predicted molar refractivity (Wildman–Crippen MR) is 79.3 cm³/mol. The molecule has 2 aromatic rings. The lowest BCUT2D eigenvalue weighted by Crippen LogP contribution is -2.02. The van der Waals surface area contributed by atoms with Gasteiger partial charge in [-0.3, -0.25) is 10.2 Å². The summed E-state index contributed by atoms with van der Waals surface area (Å²) in [4.78, 5) is 11.7. The second kappa shape index (κ2) is 6.36. The summed E-state index contributed by atoms with van der Waals surface area (Å²) in [7, 11) is 0. The van der Waals surface area contributed by atoms with Crippen LogP contribution in [0.2, 0.25) is 10.0 Å². The lowest BCUT2D eigenvalue weighted by molar-refractivity contribution is 0.107. The van der Waals surface area contributed by atoms with Crippen molar-refractivity contribution in [2.75, 3.05) is 5.43 Å². The van der Waals surface area contributed by atoms with E-state index in [9.17, 15) is 4.79 Å². The molecule has 0 saturated carbocycles. The molecule has 0 unspecified atom stereocenters. The molecule has 2 aromatic carbocycles. The molecule has 19 heavy (non-hydrogen) atoms. The molecular weight excluding hydrogens is 283 g/mol. The van der Waals surface area contributed by atoms with E-state index in [4.69, 9.17) is 23.2 Å². The molecule has 0 aliphatic rings. The second-order valence-electron chi connectivity index (χ2n) is 3.72. The first-order chi connectivity index (χ1) is 9.16. The average molecular weight is 293 g/mol. The van der Waals surface area contributed by atoms with E-state index in [1.54, 1.807) is 42.5 Å². The lowest BCUT2D eigenvalue weighted by Gasteiger charge is -2.02. The molecule has 0 aliphatic heterocycles. The van der Waals surface area contributed by atoms with E-state index in [2.05, 4.69) is 10.5 Å². The number of benzene rings is 2. The maximum atomic E-state index is 11.7. The second-order valence-corrected chi connectivity index (χ2v) is 4.57. The van der Waals surface area contributed by atoms with E-state index in [0.29, 0.717) is 21.3 Å². The number of ketones is 1. The van der Waals surface area contributed by atoms with Gasteiger partial charge < -0.3 is 0 Å². The van der Waals surface area contributed by atoms with Gasteiger partial charge in [-0.1, -0.05) is 53.5 Å². The molecule has 0 radical (unpaired) electrons. The van der Waals surface area contributed by atoms with Crippen molar-refractivity contribution < 1.29 is 4.79 Å². The number of anilines is 1. The van der Waals surface area contributed by atoms with Crippen molar-refractivity contribution in [3.63, 3.8) is 0 Å². The van der Waals surface area contributed by atoms with Crippen molar-refractivity contribution >= 4 is 40.9 Å². The van der Waals surface area contributed by atoms with Crippen molar-refractivity contribution in [3.8, 4) is 0 Å². The van der Waals surface area contributed by atoms with Gasteiger partial charge in [0.05, 0.1) is 16.9 Å². The minimum absolute atomic E-state index is 0.182. The highest BCUT2D eigenvalue weighted by atomic mass is 35.5. The summed E-state index contributed by atoms with van der Waals surface area (Å²) in [6, 6.07) is 13.9. The van der Waals surface area contributed by atoms with E-state index >= 15 is 0 Å². The van der Waals surface area contributed by atoms with Crippen LogP contribution in [0.1, 0.15) is 10.4 Å². The summed E-state index contributed by atoms with van der Waals surface area (Å²) in [5.74, 6) is -0.182. The molecule has 1 N–H and O–H groups in total. The van der Waals surface area contributed by atoms with Crippen LogP contribution in [0.5, 0.6) is 0 Å². The summed E-state index contributed by atoms with van der Waals surface area (Å²) in [5.41, 5.74) is 3.86. The molecule has 0 aliphatic carbocycles. The topological polar surface area (TPSA) is 41.5 Å². The largest absolute Gasteiger partial charge is 0.287 e. The monoisotopic (exact) mass is 292 g/mol. The first-order valence-electron chi connectivity index (χ1n) is 5.50. The SMILES string of the molecule is O=C(/C=N/Nc1ccc(Cl)cc1Cl)c1ccccc1. The third kappa shape index (κ3) is 3.81. The van der Waals surface area contributed by atoms with Gasteiger partial charge in [-0.05, 0) is 18.2 Å². The van der Waals surface area contributed by atoms with Crippen LogP contribution in [0.15, 0.2) is 53.6 Å². The molecule has 0 spiro atoms. The zero-order chi connectivity index (χ0) is 13.7. The minimum Gasteiger partial charge on any atom is -0.287 e. The van der Waals surface area contributed by atoms with Crippen LogP contribution in [-0.4, -0.2) is 12.0 Å². The molecule has 2 rings (SSSR count). The molecule has 0 atom stereocenters. The zero-order valence-electron chi connectivity index (χ0n) is 9.81. The lowest BCUT2D eigenvalue weighted by atomic mass is 10.1. The highest BCUT2D eigenvalue weighted by molar-refractivity contribution is 6.37. The number of hydrogen-bond donors (Lipinski definition) is 1. The van der Waals surface area contributed by atoms with Crippen LogP contribution in [0.3, 0.4) is 0 Å². The number of hydrogen-bond acceptors (Lipinski definition) is 3. The summed E-state index contributed by atoms with van der Waals surface area (Å²) in [5, 5.41) is 4.84. The third-order valence-electron chi connectivity index (χ3n) is 2.36. The van der Waals surface area contributed by atoms with E-state index in [-0.39, 0.29) is 5.78 Å². The number of nitrogens with zero attached hydrogens (tertiary/aromatic N) is 1. The van der Waals surface area contributed by atoms with Gasteiger partial charge in [0.15, 0.2) is 0 Å². The molecule has 0 saturated heterocycles. The first-order valence-corrected chi connectivity index (χ1v) is 6.26. The normalized spacial score (nSPS) is 10.6. The van der Waals surface area contributed by atoms with E-state index in [0.717, 1.165) is 0 Å². The summed E-state index contributed by atoms with van der Waals surface area (Å²) in [6.07, 6.45) is 1.21. The summed E-state index contributed by atoms with van der Waals surface area (Å²) < 4.78 is 0. The Hall–Kier alpha value is -1.84. The number of carbonyl (C=O) groups excluding carboxylic acids is 1. The maximum absolute atomic E-state index is 11.7. The smallest absolute Gasteiger partial charge is 0.205 e. The number of rotatable bonds is 4. The Morgan fingerprint density at radius 1 is 1.11 bits per heavy atom. The van der Waals surface area contributed by atoms with Crippen molar-refractivity contribution in [3.05, 3.63) is 64.1 Å². The predicted octanol–water partition coefficient (Wildman–Crippen LogP) is 4.27. The van der Waals surface area contributed by atoms with Gasteiger partial charge in [0.25, 0.3) is 0 Å². The van der Waals surface area contributed by atoms with Gasteiger partial charge in [0.1, 0.15) is 0 Å². The van der Waals surface area contributed by atoms with Crippen molar-refractivity contribution in [1.82, 2.24) is 0 Å². The van der Waals surface area contributed by atoms with Gasteiger partial charge in [0.2, 0.25) is 5.78 Å². The Morgan fingerprint density at radius 3 is 2.53 bits per heavy atom. The number of nitrogens with one attached hydrogen (secondary N) is 1. The quantitative estimate of drug-likeness (QED) is 0.519. The van der Waals surface area contributed by atoms with Crippen LogP contribution in [0.4, 0.5) is 5.69 Å². The fourth-order valence-corrected chi connectivity index (χ4v) is 1.87. The number of carbonyl (C=O) groups is 1. The van der Waals surface area contributed by atoms with Gasteiger partial charge >= 0.3 is 0 Å². The minimum atomic E-state index is -0.182.